The van der Waals surface area contributed by atoms with E-state index in [0.717, 1.165) is 30.5 Å². The highest BCUT2D eigenvalue weighted by molar-refractivity contribution is 5.15. The molecule has 3 aliphatic rings. The molecule has 0 saturated carbocycles. The largest absolute Gasteiger partial charge is 0.311 e. The number of halogens is 1. The molecule has 1 aromatic carbocycles. The molecule has 4 atom stereocenters. The standard InChI is InChI=1S/C17H25FN2/c1-2-14-12-20-8-7-15(14)9-17(20)11-19-10-13-3-5-16(18)6-4-13/h3-6,14-15,17,19H,2,7-12H2,1H3. The first kappa shape index (κ1) is 14.0. The molecule has 0 aliphatic carbocycles. The van der Waals surface area contributed by atoms with Crippen molar-refractivity contribution in [3.05, 3.63) is 35.6 Å². The van der Waals surface area contributed by atoms with Crippen LogP contribution in [0.15, 0.2) is 24.3 Å². The molecule has 1 N–H and O–H groups in total. The smallest absolute Gasteiger partial charge is 0.123 e. The average Bonchev–Trinajstić information content (AvgIpc) is 2.50. The van der Waals surface area contributed by atoms with Crippen LogP contribution in [-0.2, 0) is 6.54 Å². The third-order valence-corrected chi connectivity index (χ3v) is 5.16. The maximum Gasteiger partial charge on any atom is 0.123 e. The summed E-state index contributed by atoms with van der Waals surface area (Å²) in [6, 6.07) is 7.51. The Balaban J connectivity index is 1.47. The molecule has 3 aliphatic heterocycles. The van der Waals surface area contributed by atoms with Crippen molar-refractivity contribution in [2.75, 3.05) is 19.6 Å². The molecule has 110 valence electrons. The van der Waals surface area contributed by atoms with Crippen LogP contribution in [0.25, 0.3) is 0 Å². The van der Waals surface area contributed by atoms with Crippen molar-refractivity contribution in [2.24, 2.45) is 11.8 Å². The van der Waals surface area contributed by atoms with Crippen LogP contribution in [0.3, 0.4) is 0 Å². The van der Waals surface area contributed by atoms with Gasteiger partial charge in [0.2, 0.25) is 0 Å². The molecule has 0 radical (unpaired) electrons. The fraction of sp³-hybridized carbons (Fsp3) is 0.647. The molecule has 1 aromatic rings. The molecule has 4 rings (SSSR count). The van der Waals surface area contributed by atoms with Crippen LogP contribution < -0.4 is 5.32 Å². The maximum absolute atomic E-state index is 12.8. The van der Waals surface area contributed by atoms with Crippen LogP contribution in [-0.4, -0.2) is 30.6 Å². The van der Waals surface area contributed by atoms with Crippen LogP contribution in [0.4, 0.5) is 4.39 Å². The number of hydrogen-bond acceptors (Lipinski definition) is 2. The first-order chi connectivity index (χ1) is 9.76. The van der Waals surface area contributed by atoms with Gasteiger partial charge in [0, 0.05) is 25.7 Å². The SMILES string of the molecule is CCC1CN2CCC1CC2CNCc1ccc(F)cc1. The molecule has 3 fully saturated rings. The predicted octanol–water partition coefficient (Wildman–Crippen LogP) is 3.04. The first-order valence-electron chi connectivity index (χ1n) is 7.95. The van der Waals surface area contributed by atoms with E-state index < -0.39 is 0 Å². The monoisotopic (exact) mass is 276 g/mol. The second-order valence-corrected chi connectivity index (χ2v) is 6.36. The fourth-order valence-electron chi connectivity index (χ4n) is 3.91. The Morgan fingerprint density at radius 1 is 1.30 bits per heavy atom. The first-order valence-corrected chi connectivity index (χ1v) is 7.95. The molecule has 0 spiro atoms. The number of benzene rings is 1. The zero-order valence-corrected chi connectivity index (χ0v) is 12.3. The Hall–Kier alpha value is -0.930. The average molecular weight is 276 g/mol. The van der Waals surface area contributed by atoms with E-state index in [9.17, 15) is 4.39 Å². The normalized spacial score (nSPS) is 32.5. The van der Waals surface area contributed by atoms with Gasteiger partial charge in [0.05, 0.1) is 0 Å². The molecular weight excluding hydrogens is 251 g/mol. The van der Waals surface area contributed by atoms with E-state index in [0.29, 0.717) is 6.04 Å². The fourth-order valence-corrected chi connectivity index (χ4v) is 3.91. The lowest BCUT2D eigenvalue weighted by molar-refractivity contribution is 0.000333. The van der Waals surface area contributed by atoms with Crippen molar-refractivity contribution in [2.45, 2.75) is 38.8 Å². The maximum atomic E-state index is 12.8. The Morgan fingerprint density at radius 2 is 2.10 bits per heavy atom. The molecule has 2 nitrogen and oxygen atoms in total. The number of rotatable bonds is 5. The molecular formula is C17H25FN2. The van der Waals surface area contributed by atoms with Gasteiger partial charge >= 0.3 is 0 Å². The minimum Gasteiger partial charge on any atom is -0.311 e. The summed E-state index contributed by atoms with van der Waals surface area (Å²) < 4.78 is 12.8. The zero-order chi connectivity index (χ0) is 13.9. The van der Waals surface area contributed by atoms with Gasteiger partial charge in [-0.2, -0.15) is 0 Å². The third-order valence-electron chi connectivity index (χ3n) is 5.16. The molecule has 20 heavy (non-hydrogen) atoms. The second kappa shape index (κ2) is 6.23. The van der Waals surface area contributed by atoms with Crippen LogP contribution >= 0.6 is 0 Å². The van der Waals surface area contributed by atoms with E-state index in [1.165, 1.54) is 44.5 Å². The van der Waals surface area contributed by atoms with Crippen LogP contribution in [0, 0.1) is 17.7 Å². The summed E-state index contributed by atoms with van der Waals surface area (Å²) in [5, 5.41) is 3.54. The molecule has 0 amide bonds. The van der Waals surface area contributed by atoms with Crippen molar-refractivity contribution >= 4 is 0 Å². The van der Waals surface area contributed by atoms with Crippen molar-refractivity contribution in [3.63, 3.8) is 0 Å². The van der Waals surface area contributed by atoms with E-state index in [2.05, 4.69) is 17.1 Å². The molecule has 3 saturated heterocycles. The van der Waals surface area contributed by atoms with Gasteiger partial charge in [-0.05, 0) is 48.9 Å². The lowest BCUT2D eigenvalue weighted by Crippen LogP contribution is -2.56. The highest BCUT2D eigenvalue weighted by Crippen LogP contribution is 2.37. The number of nitrogens with one attached hydrogen (secondary N) is 1. The zero-order valence-electron chi connectivity index (χ0n) is 12.3. The van der Waals surface area contributed by atoms with E-state index >= 15 is 0 Å². The van der Waals surface area contributed by atoms with Crippen molar-refractivity contribution in [1.29, 1.82) is 0 Å². The molecule has 3 heteroatoms. The van der Waals surface area contributed by atoms with Crippen LogP contribution in [0.5, 0.6) is 0 Å². The number of fused-ring (bicyclic) bond motifs is 3. The summed E-state index contributed by atoms with van der Waals surface area (Å²) in [6.07, 6.45) is 4.08. The van der Waals surface area contributed by atoms with Gasteiger partial charge in [0.25, 0.3) is 0 Å². The van der Waals surface area contributed by atoms with Gasteiger partial charge in [-0.15, -0.1) is 0 Å². The van der Waals surface area contributed by atoms with Gasteiger partial charge in [-0.25, -0.2) is 4.39 Å². The topological polar surface area (TPSA) is 15.3 Å². The van der Waals surface area contributed by atoms with Gasteiger partial charge in [0.1, 0.15) is 5.82 Å². The summed E-state index contributed by atoms with van der Waals surface area (Å²) in [4.78, 5) is 2.67. The summed E-state index contributed by atoms with van der Waals surface area (Å²) in [5.41, 5.74) is 1.16. The van der Waals surface area contributed by atoms with Gasteiger partial charge in [-0.3, -0.25) is 4.90 Å². The summed E-state index contributed by atoms with van der Waals surface area (Å²) >= 11 is 0. The van der Waals surface area contributed by atoms with Gasteiger partial charge in [-0.1, -0.05) is 25.5 Å². The quantitative estimate of drug-likeness (QED) is 0.889. The Labute approximate surface area is 121 Å². The summed E-state index contributed by atoms with van der Waals surface area (Å²) in [6.45, 7) is 6.80. The highest BCUT2D eigenvalue weighted by Gasteiger charge is 2.38. The van der Waals surface area contributed by atoms with Crippen molar-refractivity contribution in [1.82, 2.24) is 10.2 Å². The minimum atomic E-state index is -0.157. The van der Waals surface area contributed by atoms with Crippen LogP contribution in [0.2, 0.25) is 0 Å². The van der Waals surface area contributed by atoms with Crippen molar-refractivity contribution in [3.8, 4) is 0 Å². The van der Waals surface area contributed by atoms with Crippen molar-refractivity contribution < 1.29 is 4.39 Å². The molecule has 4 unspecified atom stereocenters. The van der Waals surface area contributed by atoms with E-state index in [1.54, 1.807) is 0 Å². The highest BCUT2D eigenvalue weighted by atomic mass is 19.1. The molecule has 0 aromatic heterocycles. The van der Waals surface area contributed by atoms with E-state index in [-0.39, 0.29) is 5.82 Å². The van der Waals surface area contributed by atoms with E-state index in [1.807, 2.05) is 12.1 Å². The Bertz CT molecular complexity index is 431. The molecule has 2 bridgehead atoms. The third kappa shape index (κ3) is 3.04. The number of nitrogens with zero attached hydrogens (tertiary/aromatic N) is 1. The summed E-state index contributed by atoms with van der Waals surface area (Å²) in [5.74, 6) is 1.72. The predicted molar refractivity (Wildman–Crippen MR) is 80.0 cm³/mol. The molecule has 3 heterocycles. The number of hydrogen-bond donors (Lipinski definition) is 1. The van der Waals surface area contributed by atoms with Gasteiger partial charge in [0.15, 0.2) is 0 Å². The lowest BCUT2D eigenvalue weighted by Gasteiger charge is -2.50. The van der Waals surface area contributed by atoms with E-state index in [4.69, 9.17) is 0 Å². The van der Waals surface area contributed by atoms with Gasteiger partial charge < -0.3 is 5.32 Å². The Morgan fingerprint density at radius 3 is 2.75 bits per heavy atom. The van der Waals surface area contributed by atoms with Crippen LogP contribution in [0.1, 0.15) is 31.7 Å². The Kier molecular flexibility index (Phi) is 4.37. The summed E-state index contributed by atoms with van der Waals surface area (Å²) in [7, 11) is 0. The lowest BCUT2D eigenvalue weighted by atomic mass is 9.74. The minimum absolute atomic E-state index is 0.157. The second-order valence-electron chi connectivity index (χ2n) is 6.36. The number of piperidine rings is 3.